The van der Waals surface area contributed by atoms with E-state index in [0.717, 1.165) is 12.8 Å². The van der Waals surface area contributed by atoms with Gasteiger partial charge in [0.25, 0.3) is 5.91 Å². The van der Waals surface area contributed by atoms with Crippen molar-refractivity contribution in [3.8, 4) is 5.75 Å². The van der Waals surface area contributed by atoms with Crippen LogP contribution in [0.4, 0.5) is 0 Å². The monoisotopic (exact) mass is 342 g/mol. The van der Waals surface area contributed by atoms with Crippen molar-refractivity contribution in [1.29, 1.82) is 0 Å². The molecular formula is C16H26N2O4S. The summed E-state index contributed by atoms with van der Waals surface area (Å²) in [7, 11) is -3.57. The second kappa shape index (κ2) is 8.31. The Morgan fingerprint density at radius 2 is 1.78 bits per heavy atom. The van der Waals surface area contributed by atoms with Crippen LogP contribution < -0.4 is 14.8 Å². The van der Waals surface area contributed by atoms with Crippen LogP contribution in [0, 0.1) is 0 Å². The van der Waals surface area contributed by atoms with E-state index in [1.54, 1.807) is 20.8 Å². The van der Waals surface area contributed by atoms with Crippen molar-refractivity contribution >= 4 is 15.9 Å². The van der Waals surface area contributed by atoms with E-state index in [9.17, 15) is 13.2 Å². The first kappa shape index (κ1) is 19.4. The lowest BCUT2D eigenvalue weighted by molar-refractivity contribution is -0.123. The summed E-state index contributed by atoms with van der Waals surface area (Å²) in [5, 5.41) is 2.75. The Morgan fingerprint density at radius 3 is 2.30 bits per heavy atom. The highest BCUT2D eigenvalue weighted by Crippen LogP contribution is 2.17. The highest BCUT2D eigenvalue weighted by atomic mass is 32.2. The van der Waals surface area contributed by atoms with Gasteiger partial charge in [0.15, 0.2) is 6.61 Å². The molecule has 0 unspecified atom stereocenters. The minimum atomic E-state index is -3.57. The fourth-order valence-electron chi connectivity index (χ4n) is 1.78. The van der Waals surface area contributed by atoms with Crippen LogP contribution in [0.25, 0.3) is 0 Å². The van der Waals surface area contributed by atoms with Crippen LogP contribution in [0.1, 0.15) is 40.5 Å². The van der Waals surface area contributed by atoms with Gasteiger partial charge in [-0.1, -0.05) is 13.3 Å². The molecule has 6 nitrogen and oxygen atoms in total. The zero-order valence-electron chi connectivity index (χ0n) is 14.2. The van der Waals surface area contributed by atoms with Crippen LogP contribution in [-0.4, -0.2) is 33.0 Å². The lowest BCUT2D eigenvalue weighted by atomic mass is 10.1. The number of nitrogens with one attached hydrogen (secondary N) is 2. The normalized spacial score (nSPS) is 12.0. The largest absolute Gasteiger partial charge is 0.484 e. The van der Waals surface area contributed by atoms with E-state index >= 15 is 0 Å². The summed E-state index contributed by atoms with van der Waals surface area (Å²) in [5.41, 5.74) is -0.551. The topological polar surface area (TPSA) is 84.5 Å². The summed E-state index contributed by atoms with van der Waals surface area (Å²) < 4.78 is 32.2. The molecule has 1 aromatic rings. The number of unbranched alkanes of at least 4 members (excludes halogenated alkanes) is 1. The molecule has 0 aliphatic carbocycles. The number of hydrogen-bond acceptors (Lipinski definition) is 4. The molecule has 0 radical (unpaired) electrons. The second-order valence-corrected chi connectivity index (χ2v) is 8.00. The number of hydrogen-bond donors (Lipinski definition) is 2. The number of amides is 1. The van der Waals surface area contributed by atoms with Crippen molar-refractivity contribution < 1.29 is 17.9 Å². The molecule has 0 bridgehead atoms. The maximum Gasteiger partial charge on any atom is 0.257 e. The number of carbonyl (C=O) groups excluding carboxylic acids is 1. The molecule has 1 amide bonds. The fraction of sp³-hybridized carbons (Fsp3) is 0.562. The predicted octanol–water partition coefficient (Wildman–Crippen LogP) is 2.06. The minimum absolute atomic E-state index is 0.0872. The molecular weight excluding hydrogens is 316 g/mol. The molecule has 1 rings (SSSR count). The standard InChI is InChI=1S/C16H26N2O4S/c1-5-6-11-17-15(19)12-22-13-7-9-14(10-8-13)23(20,21)18-16(2,3)4/h7-10,18H,5-6,11-12H2,1-4H3,(H,17,19). The molecule has 0 aliphatic rings. The molecule has 0 heterocycles. The number of rotatable bonds is 8. The second-order valence-electron chi connectivity index (χ2n) is 6.32. The van der Waals surface area contributed by atoms with E-state index < -0.39 is 15.6 Å². The van der Waals surface area contributed by atoms with Crippen LogP contribution in [0.5, 0.6) is 5.75 Å². The first-order valence-corrected chi connectivity index (χ1v) is 9.16. The highest BCUT2D eigenvalue weighted by Gasteiger charge is 2.21. The van der Waals surface area contributed by atoms with Gasteiger partial charge in [0.1, 0.15) is 5.75 Å². The Morgan fingerprint density at radius 1 is 1.17 bits per heavy atom. The first-order valence-electron chi connectivity index (χ1n) is 7.67. The maximum absolute atomic E-state index is 12.2. The maximum atomic E-state index is 12.2. The SMILES string of the molecule is CCCCNC(=O)COc1ccc(S(=O)(=O)NC(C)(C)C)cc1. The summed E-state index contributed by atoms with van der Waals surface area (Å²) >= 11 is 0. The molecule has 0 aliphatic heterocycles. The number of carbonyl (C=O) groups is 1. The fourth-order valence-corrected chi connectivity index (χ4v) is 3.20. The summed E-state index contributed by atoms with van der Waals surface area (Å²) in [4.78, 5) is 11.7. The van der Waals surface area contributed by atoms with E-state index in [4.69, 9.17) is 4.74 Å². The van der Waals surface area contributed by atoms with Gasteiger partial charge in [-0.3, -0.25) is 4.79 Å². The van der Waals surface area contributed by atoms with E-state index in [0.29, 0.717) is 12.3 Å². The third kappa shape index (κ3) is 7.47. The van der Waals surface area contributed by atoms with Crippen LogP contribution in [0.3, 0.4) is 0 Å². The smallest absolute Gasteiger partial charge is 0.257 e. The van der Waals surface area contributed by atoms with E-state index in [1.165, 1.54) is 24.3 Å². The van der Waals surface area contributed by atoms with Crippen molar-refractivity contribution in [2.45, 2.75) is 51.0 Å². The summed E-state index contributed by atoms with van der Waals surface area (Å²) in [5.74, 6) is 0.259. The van der Waals surface area contributed by atoms with Crippen LogP contribution in [-0.2, 0) is 14.8 Å². The third-order valence-electron chi connectivity index (χ3n) is 2.80. The van der Waals surface area contributed by atoms with Gasteiger partial charge in [0.2, 0.25) is 10.0 Å². The van der Waals surface area contributed by atoms with Crippen molar-refractivity contribution in [2.75, 3.05) is 13.2 Å². The Hall–Kier alpha value is -1.60. The quantitative estimate of drug-likeness (QED) is 0.708. The number of sulfonamides is 1. The van der Waals surface area contributed by atoms with Gasteiger partial charge < -0.3 is 10.1 Å². The summed E-state index contributed by atoms with van der Waals surface area (Å²) in [6.45, 7) is 7.93. The van der Waals surface area contributed by atoms with Crippen LogP contribution in [0.2, 0.25) is 0 Å². The van der Waals surface area contributed by atoms with E-state index in [1.807, 2.05) is 6.92 Å². The summed E-state index contributed by atoms with van der Waals surface area (Å²) in [6.07, 6.45) is 1.94. The molecule has 2 N–H and O–H groups in total. The Bertz CT molecular complexity index is 604. The lowest BCUT2D eigenvalue weighted by Crippen LogP contribution is -2.40. The van der Waals surface area contributed by atoms with E-state index in [2.05, 4.69) is 10.0 Å². The average Bonchev–Trinajstić information content (AvgIpc) is 2.43. The molecule has 1 aromatic carbocycles. The number of benzene rings is 1. The lowest BCUT2D eigenvalue weighted by Gasteiger charge is -2.20. The molecule has 0 saturated carbocycles. The molecule has 7 heteroatoms. The van der Waals surface area contributed by atoms with Crippen LogP contribution in [0.15, 0.2) is 29.2 Å². The van der Waals surface area contributed by atoms with Crippen molar-refractivity contribution in [2.24, 2.45) is 0 Å². The van der Waals surface area contributed by atoms with Gasteiger partial charge in [0, 0.05) is 12.1 Å². The van der Waals surface area contributed by atoms with Gasteiger partial charge in [0.05, 0.1) is 4.90 Å². The third-order valence-corrected chi connectivity index (χ3v) is 4.57. The molecule has 0 fully saturated rings. The van der Waals surface area contributed by atoms with Gasteiger partial charge in [-0.15, -0.1) is 0 Å². The Balaban J connectivity index is 2.58. The van der Waals surface area contributed by atoms with Crippen molar-refractivity contribution in [1.82, 2.24) is 10.0 Å². The Labute approximate surface area is 138 Å². The zero-order valence-corrected chi connectivity index (χ0v) is 15.0. The van der Waals surface area contributed by atoms with Gasteiger partial charge in [-0.25, -0.2) is 13.1 Å². The molecule has 0 aromatic heterocycles. The van der Waals surface area contributed by atoms with Crippen LogP contribution >= 0.6 is 0 Å². The molecule has 0 atom stereocenters. The minimum Gasteiger partial charge on any atom is -0.484 e. The first-order chi connectivity index (χ1) is 10.6. The van der Waals surface area contributed by atoms with Gasteiger partial charge in [-0.2, -0.15) is 0 Å². The molecule has 0 spiro atoms. The van der Waals surface area contributed by atoms with Crippen molar-refractivity contribution in [3.63, 3.8) is 0 Å². The molecule has 23 heavy (non-hydrogen) atoms. The molecule has 0 saturated heterocycles. The summed E-state index contributed by atoms with van der Waals surface area (Å²) in [6, 6.07) is 5.99. The van der Waals surface area contributed by atoms with Gasteiger partial charge in [-0.05, 0) is 51.5 Å². The van der Waals surface area contributed by atoms with Gasteiger partial charge >= 0.3 is 0 Å². The predicted molar refractivity (Wildman–Crippen MR) is 89.9 cm³/mol. The molecule has 130 valence electrons. The average molecular weight is 342 g/mol. The highest BCUT2D eigenvalue weighted by molar-refractivity contribution is 7.89. The number of ether oxygens (including phenoxy) is 1. The van der Waals surface area contributed by atoms with E-state index in [-0.39, 0.29) is 17.4 Å². The van der Waals surface area contributed by atoms with Crippen molar-refractivity contribution in [3.05, 3.63) is 24.3 Å². The zero-order chi connectivity index (χ0) is 17.5. The Kier molecular flexibility index (Phi) is 7.02.